The number of likely N-dealkylation sites (tertiary alicyclic amines) is 1. The summed E-state index contributed by atoms with van der Waals surface area (Å²) in [4.78, 5) is 18.7. The maximum atomic E-state index is 12.5. The van der Waals surface area contributed by atoms with E-state index in [1.165, 1.54) is 0 Å². The van der Waals surface area contributed by atoms with Crippen molar-refractivity contribution in [1.29, 1.82) is 0 Å². The second-order valence-corrected chi connectivity index (χ2v) is 5.29. The van der Waals surface area contributed by atoms with Gasteiger partial charge in [-0.15, -0.1) is 0 Å². The second kappa shape index (κ2) is 5.59. The highest BCUT2D eigenvalue weighted by Gasteiger charge is 2.20. The molecule has 1 atom stereocenters. The summed E-state index contributed by atoms with van der Waals surface area (Å²) in [5.41, 5.74) is 1.52. The summed E-state index contributed by atoms with van der Waals surface area (Å²) >= 11 is 0. The van der Waals surface area contributed by atoms with Gasteiger partial charge in [0.2, 0.25) is 0 Å². The van der Waals surface area contributed by atoms with Crippen LogP contribution < -0.4 is 0 Å². The van der Waals surface area contributed by atoms with Gasteiger partial charge in [0.25, 0.3) is 5.91 Å². The molecular weight excluding hydrogens is 252 g/mol. The van der Waals surface area contributed by atoms with Crippen molar-refractivity contribution < 1.29 is 9.90 Å². The van der Waals surface area contributed by atoms with Gasteiger partial charge in [-0.25, -0.2) is 0 Å². The highest BCUT2D eigenvalue weighted by Crippen LogP contribution is 2.17. The molecule has 1 aliphatic heterocycles. The number of carbonyl (C=O) groups is 1. The molecule has 1 N–H and O–H groups in total. The van der Waals surface area contributed by atoms with Crippen LogP contribution in [0.5, 0.6) is 0 Å². The van der Waals surface area contributed by atoms with Gasteiger partial charge >= 0.3 is 0 Å². The highest BCUT2D eigenvalue weighted by molar-refractivity contribution is 5.97. The standard InChI is InChI=1S/C16H18N2O2/c19-14-5-3-8-18(9-7-14)16(20)13-10-12-4-1-2-6-15(12)17-11-13/h1-2,4,6,10-11,14,19H,3,5,7-9H2/t14-/m1/s1. The van der Waals surface area contributed by atoms with E-state index in [2.05, 4.69) is 4.98 Å². The maximum Gasteiger partial charge on any atom is 0.255 e. The largest absolute Gasteiger partial charge is 0.393 e. The van der Waals surface area contributed by atoms with Crippen molar-refractivity contribution in [3.63, 3.8) is 0 Å². The zero-order valence-corrected chi connectivity index (χ0v) is 11.3. The number of hydrogen-bond donors (Lipinski definition) is 1. The number of aliphatic hydroxyl groups is 1. The molecule has 1 amide bonds. The Kier molecular flexibility index (Phi) is 3.65. The minimum atomic E-state index is -0.275. The van der Waals surface area contributed by atoms with Gasteiger partial charge in [-0.3, -0.25) is 9.78 Å². The van der Waals surface area contributed by atoms with Crippen LogP contribution in [0, 0.1) is 0 Å². The molecule has 20 heavy (non-hydrogen) atoms. The monoisotopic (exact) mass is 270 g/mol. The van der Waals surface area contributed by atoms with Crippen LogP contribution in [-0.2, 0) is 0 Å². The van der Waals surface area contributed by atoms with Crippen molar-refractivity contribution in [3.05, 3.63) is 42.1 Å². The third-order valence-electron chi connectivity index (χ3n) is 3.82. The number of amides is 1. The van der Waals surface area contributed by atoms with Crippen LogP contribution in [0.4, 0.5) is 0 Å². The maximum absolute atomic E-state index is 12.5. The Morgan fingerprint density at radius 1 is 1.25 bits per heavy atom. The summed E-state index contributed by atoms with van der Waals surface area (Å²) < 4.78 is 0. The van der Waals surface area contributed by atoms with Gasteiger partial charge in [-0.05, 0) is 31.4 Å². The Morgan fingerprint density at radius 2 is 2.10 bits per heavy atom. The van der Waals surface area contributed by atoms with Crippen LogP contribution in [0.2, 0.25) is 0 Å². The number of hydrogen-bond acceptors (Lipinski definition) is 3. The Labute approximate surface area is 118 Å². The lowest BCUT2D eigenvalue weighted by Crippen LogP contribution is -2.32. The lowest BCUT2D eigenvalue weighted by Gasteiger charge is -2.20. The van der Waals surface area contributed by atoms with E-state index in [-0.39, 0.29) is 12.0 Å². The van der Waals surface area contributed by atoms with E-state index >= 15 is 0 Å². The molecule has 1 aromatic carbocycles. The number of para-hydroxylation sites is 1. The summed E-state index contributed by atoms with van der Waals surface area (Å²) in [6.45, 7) is 1.33. The first-order chi connectivity index (χ1) is 9.74. The van der Waals surface area contributed by atoms with Gasteiger partial charge in [0.15, 0.2) is 0 Å². The first kappa shape index (κ1) is 13.1. The topological polar surface area (TPSA) is 53.4 Å². The number of benzene rings is 1. The fraction of sp³-hybridized carbons (Fsp3) is 0.375. The van der Waals surface area contributed by atoms with E-state index < -0.39 is 0 Å². The highest BCUT2D eigenvalue weighted by atomic mass is 16.3. The molecule has 1 aliphatic rings. The first-order valence-electron chi connectivity index (χ1n) is 7.06. The molecule has 1 saturated heterocycles. The minimum absolute atomic E-state index is 0.0114. The summed E-state index contributed by atoms with van der Waals surface area (Å²) in [7, 11) is 0. The Morgan fingerprint density at radius 3 is 3.00 bits per heavy atom. The van der Waals surface area contributed by atoms with Crippen LogP contribution in [0.3, 0.4) is 0 Å². The molecule has 0 unspecified atom stereocenters. The molecule has 2 heterocycles. The van der Waals surface area contributed by atoms with Gasteiger partial charge in [-0.2, -0.15) is 0 Å². The molecule has 4 nitrogen and oxygen atoms in total. The van der Waals surface area contributed by atoms with Crippen molar-refractivity contribution in [3.8, 4) is 0 Å². The zero-order chi connectivity index (χ0) is 13.9. The number of carbonyl (C=O) groups excluding carboxylic acids is 1. The fourth-order valence-electron chi connectivity index (χ4n) is 2.65. The summed E-state index contributed by atoms with van der Waals surface area (Å²) in [5.74, 6) is 0.0114. The average Bonchev–Trinajstić information content (AvgIpc) is 2.71. The average molecular weight is 270 g/mol. The number of aromatic nitrogens is 1. The molecule has 0 radical (unpaired) electrons. The molecule has 0 spiro atoms. The molecular formula is C16H18N2O2. The molecule has 1 aromatic heterocycles. The number of pyridine rings is 1. The van der Waals surface area contributed by atoms with E-state index in [1.807, 2.05) is 35.2 Å². The van der Waals surface area contributed by atoms with Gasteiger partial charge in [0.05, 0.1) is 17.2 Å². The van der Waals surface area contributed by atoms with Crippen LogP contribution in [0.25, 0.3) is 10.9 Å². The summed E-state index contributed by atoms with van der Waals surface area (Å²) in [6, 6.07) is 9.68. The van der Waals surface area contributed by atoms with E-state index in [1.54, 1.807) is 6.20 Å². The SMILES string of the molecule is O=C(c1cnc2ccccc2c1)N1CCC[C@@H](O)CC1. The Hall–Kier alpha value is -1.94. The van der Waals surface area contributed by atoms with Crippen molar-refractivity contribution in [2.45, 2.75) is 25.4 Å². The van der Waals surface area contributed by atoms with E-state index in [4.69, 9.17) is 0 Å². The smallest absolute Gasteiger partial charge is 0.255 e. The minimum Gasteiger partial charge on any atom is -0.393 e. The molecule has 3 rings (SSSR count). The van der Waals surface area contributed by atoms with Gasteiger partial charge in [0, 0.05) is 24.7 Å². The lowest BCUT2D eigenvalue weighted by molar-refractivity contribution is 0.0753. The van der Waals surface area contributed by atoms with Gasteiger partial charge in [0.1, 0.15) is 0 Å². The fourth-order valence-corrected chi connectivity index (χ4v) is 2.65. The van der Waals surface area contributed by atoms with Crippen LogP contribution in [-0.4, -0.2) is 40.1 Å². The van der Waals surface area contributed by atoms with Crippen molar-refractivity contribution in [2.24, 2.45) is 0 Å². The van der Waals surface area contributed by atoms with E-state index in [9.17, 15) is 9.90 Å². The third kappa shape index (κ3) is 2.65. The van der Waals surface area contributed by atoms with Crippen molar-refractivity contribution >= 4 is 16.8 Å². The molecule has 0 bridgehead atoms. The Balaban J connectivity index is 1.84. The van der Waals surface area contributed by atoms with Crippen LogP contribution in [0.1, 0.15) is 29.6 Å². The van der Waals surface area contributed by atoms with Crippen molar-refractivity contribution in [1.82, 2.24) is 9.88 Å². The normalized spacial score (nSPS) is 19.9. The Bertz CT molecular complexity index is 627. The third-order valence-corrected chi connectivity index (χ3v) is 3.82. The molecule has 2 aromatic rings. The second-order valence-electron chi connectivity index (χ2n) is 5.29. The molecule has 1 fully saturated rings. The molecule has 104 valence electrons. The summed E-state index contributed by atoms with van der Waals surface area (Å²) in [5, 5.41) is 10.6. The lowest BCUT2D eigenvalue weighted by atomic mass is 10.1. The molecule has 0 aliphatic carbocycles. The first-order valence-corrected chi connectivity index (χ1v) is 7.06. The predicted molar refractivity (Wildman–Crippen MR) is 77.5 cm³/mol. The van der Waals surface area contributed by atoms with Gasteiger partial charge in [-0.1, -0.05) is 18.2 Å². The van der Waals surface area contributed by atoms with Crippen LogP contribution >= 0.6 is 0 Å². The van der Waals surface area contributed by atoms with Crippen LogP contribution in [0.15, 0.2) is 36.5 Å². The number of fused-ring (bicyclic) bond motifs is 1. The van der Waals surface area contributed by atoms with E-state index in [0.29, 0.717) is 25.1 Å². The van der Waals surface area contributed by atoms with Gasteiger partial charge < -0.3 is 10.0 Å². The zero-order valence-electron chi connectivity index (χ0n) is 11.3. The van der Waals surface area contributed by atoms with E-state index in [0.717, 1.165) is 23.7 Å². The number of aliphatic hydroxyl groups excluding tert-OH is 1. The molecule has 4 heteroatoms. The number of rotatable bonds is 1. The quantitative estimate of drug-likeness (QED) is 0.864. The van der Waals surface area contributed by atoms with Crippen molar-refractivity contribution in [2.75, 3.05) is 13.1 Å². The number of nitrogens with zero attached hydrogens (tertiary/aromatic N) is 2. The molecule has 0 saturated carbocycles. The predicted octanol–water partition coefficient (Wildman–Crippen LogP) is 2.22. The summed E-state index contributed by atoms with van der Waals surface area (Å²) in [6.07, 6.45) is 3.66.